The van der Waals surface area contributed by atoms with Crippen molar-refractivity contribution in [3.05, 3.63) is 53.1 Å². The van der Waals surface area contributed by atoms with Gasteiger partial charge in [0.05, 0.1) is 17.8 Å². The lowest BCUT2D eigenvalue weighted by Crippen LogP contribution is -2.60. The van der Waals surface area contributed by atoms with Crippen molar-refractivity contribution >= 4 is 44.8 Å². The van der Waals surface area contributed by atoms with Crippen molar-refractivity contribution in [1.29, 1.82) is 0 Å². The van der Waals surface area contributed by atoms with Gasteiger partial charge in [-0.3, -0.25) is 14.4 Å². The number of nitrogens with one attached hydrogen (secondary N) is 1. The van der Waals surface area contributed by atoms with Gasteiger partial charge in [0, 0.05) is 24.4 Å². The van der Waals surface area contributed by atoms with Crippen LogP contribution in [0, 0.1) is 0 Å². The molecular weight excluding hydrogens is 442 g/mol. The lowest BCUT2D eigenvalue weighted by Gasteiger charge is -2.39. The summed E-state index contributed by atoms with van der Waals surface area (Å²) >= 11 is 5.95. The number of benzene rings is 2. The fourth-order valence-electron chi connectivity index (χ4n) is 3.82. The lowest BCUT2D eigenvalue weighted by atomic mass is 10.0. The zero-order valence-corrected chi connectivity index (χ0v) is 18.2. The predicted molar refractivity (Wildman–Crippen MR) is 117 cm³/mol. The molecule has 8 nitrogen and oxygen atoms in total. The van der Waals surface area contributed by atoms with E-state index in [0.29, 0.717) is 16.3 Å². The average Bonchev–Trinajstić information content (AvgIpc) is 2.82. The summed E-state index contributed by atoms with van der Waals surface area (Å²) in [6.45, 7) is 0.247. The van der Waals surface area contributed by atoms with Gasteiger partial charge in [-0.2, -0.15) is 0 Å². The minimum atomic E-state index is -3.49. The Labute approximate surface area is 184 Å². The number of hydrogen-bond donors (Lipinski definition) is 1. The number of amides is 3. The number of hydrogen-bond acceptors (Lipinski definition) is 5. The fraction of sp³-hybridized carbons (Fsp3) is 0.286. The van der Waals surface area contributed by atoms with Crippen molar-refractivity contribution in [2.24, 2.45) is 0 Å². The average molecular weight is 462 g/mol. The second kappa shape index (κ2) is 7.97. The van der Waals surface area contributed by atoms with Crippen LogP contribution in [-0.4, -0.2) is 73.6 Å². The van der Waals surface area contributed by atoms with Crippen molar-refractivity contribution in [3.63, 3.8) is 0 Å². The first-order chi connectivity index (χ1) is 14.6. The molecule has 1 saturated heterocycles. The summed E-state index contributed by atoms with van der Waals surface area (Å²) in [6.07, 6.45) is 0.984. The SMILES string of the molecule is CS(=O)(=O)CC(=O)N1CCN2C(=O)c3cc(-c4ccc(Cl)cc4)ccc3NC(=O)C2C1. The molecule has 31 heavy (non-hydrogen) atoms. The molecule has 1 atom stereocenters. The monoisotopic (exact) mass is 461 g/mol. The number of halogens is 1. The Balaban J connectivity index is 1.62. The molecule has 10 heteroatoms. The number of rotatable bonds is 3. The Hall–Kier alpha value is -2.91. The van der Waals surface area contributed by atoms with Crippen LogP contribution >= 0.6 is 11.6 Å². The molecule has 4 rings (SSSR count). The molecule has 3 amide bonds. The summed E-state index contributed by atoms with van der Waals surface area (Å²) in [6, 6.07) is 11.5. The summed E-state index contributed by atoms with van der Waals surface area (Å²) in [7, 11) is -3.49. The number of fused-ring (bicyclic) bond motifs is 2. The van der Waals surface area contributed by atoms with Crippen LogP contribution in [0.15, 0.2) is 42.5 Å². The maximum absolute atomic E-state index is 13.3. The number of piperazine rings is 1. The zero-order valence-electron chi connectivity index (χ0n) is 16.7. The molecule has 2 heterocycles. The first-order valence-electron chi connectivity index (χ1n) is 9.60. The second-order valence-corrected chi connectivity index (χ2v) is 10.3. The predicted octanol–water partition coefficient (Wildman–Crippen LogP) is 1.66. The zero-order chi connectivity index (χ0) is 22.3. The van der Waals surface area contributed by atoms with E-state index in [2.05, 4.69) is 5.32 Å². The quantitative estimate of drug-likeness (QED) is 0.748. The molecule has 0 bridgehead atoms. The smallest absolute Gasteiger partial charge is 0.256 e. The van der Waals surface area contributed by atoms with Crippen LogP contribution in [0.4, 0.5) is 5.69 Å². The first-order valence-corrected chi connectivity index (χ1v) is 12.0. The van der Waals surface area contributed by atoms with E-state index in [1.54, 1.807) is 24.3 Å². The minimum absolute atomic E-state index is 0.0516. The summed E-state index contributed by atoms with van der Waals surface area (Å²) in [5.74, 6) is -1.93. The molecule has 0 spiro atoms. The number of carbonyl (C=O) groups is 3. The normalized spacial score (nSPS) is 18.7. The van der Waals surface area contributed by atoms with Crippen molar-refractivity contribution in [2.75, 3.05) is 37.0 Å². The van der Waals surface area contributed by atoms with Crippen LogP contribution < -0.4 is 5.32 Å². The molecule has 2 aliphatic rings. The van der Waals surface area contributed by atoms with Crippen LogP contribution in [0.3, 0.4) is 0 Å². The molecule has 162 valence electrons. The molecule has 0 saturated carbocycles. The van der Waals surface area contributed by atoms with Gasteiger partial charge in [-0.15, -0.1) is 0 Å². The Bertz CT molecular complexity index is 1180. The van der Waals surface area contributed by atoms with Gasteiger partial charge in [-0.1, -0.05) is 29.8 Å². The van der Waals surface area contributed by atoms with Crippen LogP contribution in [0.2, 0.25) is 5.02 Å². The largest absolute Gasteiger partial charge is 0.337 e. The highest BCUT2D eigenvalue weighted by molar-refractivity contribution is 7.91. The van der Waals surface area contributed by atoms with E-state index in [-0.39, 0.29) is 25.5 Å². The summed E-state index contributed by atoms with van der Waals surface area (Å²) < 4.78 is 22.9. The highest BCUT2D eigenvalue weighted by Crippen LogP contribution is 2.30. The van der Waals surface area contributed by atoms with E-state index in [0.717, 1.165) is 17.4 Å². The number of anilines is 1. The third-order valence-corrected chi connectivity index (χ3v) is 6.39. The lowest BCUT2D eigenvalue weighted by molar-refractivity contribution is -0.133. The summed E-state index contributed by atoms with van der Waals surface area (Å²) in [4.78, 5) is 41.2. The molecule has 1 N–H and O–H groups in total. The first kappa shape index (κ1) is 21.3. The molecule has 1 unspecified atom stereocenters. The van der Waals surface area contributed by atoms with E-state index < -0.39 is 33.4 Å². The van der Waals surface area contributed by atoms with Crippen LogP contribution in [0.25, 0.3) is 11.1 Å². The topological polar surface area (TPSA) is 104 Å². The van der Waals surface area contributed by atoms with E-state index in [1.807, 2.05) is 18.2 Å². The van der Waals surface area contributed by atoms with E-state index in [9.17, 15) is 22.8 Å². The van der Waals surface area contributed by atoms with Crippen molar-refractivity contribution in [3.8, 4) is 11.1 Å². The van der Waals surface area contributed by atoms with Crippen LogP contribution in [-0.2, 0) is 19.4 Å². The van der Waals surface area contributed by atoms with Crippen molar-refractivity contribution < 1.29 is 22.8 Å². The molecule has 2 aromatic rings. The van der Waals surface area contributed by atoms with Gasteiger partial charge in [0.15, 0.2) is 9.84 Å². The minimum Gasteiger partial charge on any atom is -0.337 e. The van der Waals surface area contributed by atoms with Crippen LogP contribution in [0.1, 0.15) is 10.4 Å². The maximum Gasteiger partial charge on any atom is 0.256 e. The van der Waals surface area contributed by atoms with Crippen molar-refractivity contribution in [1.82, 2.24) is 9.80 Å². The molecule has 0 radical (unpaired) electrons. The maximum atomic E-state index is 13.3. The number of nitrogens with zero attached hydrogens (tertiary/aromatic N) is 2. The van der Waals surface area contributed by atoms with Gasteiger partial charge in [0.1, 0.15) is 11.8 Å². The third kappa shape index (κ3) is 4.42. The van der Waals surface area contributed by atoms with Gasteiger partial charge in [0.25, 0.3) is 5.91 Å². The molecular formula is C21H20ClN3O5S. The Morgan fingerprint density at radius 1 is 1.10 bits per heavy atom. The highest BCUT2D eigenvalue weighted by atomic mass is 35.5. The van der Waals surface area contributed by atoms with Gasteiger partial charge >= 0.3 is 0 Å². The Morgan fingerprint density at radius 2 is 1.77 bits per heavy atom. The second-order valence-electron chi connectivity index (χ2n) is 7.68. The Kier molecular flexibility index (Phi) is 5.49. The van der Waals surface area contributed by atoms with E-state index >= 15 is 0 Å². The standard InChI is InChI=1S/C21H20ClN3O5S/c1-31(29,30)12-19(26)24-8-9-25-18(11-24)20(27)23-17-7-4-14(10-16(17)21(25)28)13-2-5-15(22)6-3-13/h2-7,10,18H,8-9,11-12H2,1H3,(H,23,27). The van der Waals surface area contributed by atoms with E-state index in [1.165, 1.54) is 9.80 Å². The van der Waals surface area contributed by atoms with Crippen molar-refractivity contribution in [2.45, 2.75) is 6.04 Å². The molecule has 1 fully saturated rings. The number of carbonyl (C=O) groups excluding carboxylic acids is 3. The molecule has 0 aromatic heterocycles. The fourth-order valence-corrected chi connectivity index (χ4v) is 4.57. The van der Waals surface area contributed by atoms with Gasteiger partial charge < -0.3 is 15.1 Å². The van der Waals surface area contributed by atoms with Gasteiger partial charge in [-0.05, 0) is 35.4 Å². The van der Waals surface area contributed by atoms with Gasteiger partial charge in [-0.25, -0.2) is 8.42 Å². The molecule has 2 aliphatic heterocycles. The summed E-state index contributed by atoms with van der Waals surface area (Å²) in [5, 5.41) is 3.37. The summed E-state index contributed by atoms with van der Waals surface area (Å²) in [5.41, 5.74) is 2.44. The van der Waals surface area contributed by atoms with Gasteiger partial charge in [0.2, 0.25) is 11.8 Å². The Morgan fingerprint density at radius 3 is 2.45 bits per heavy atom. The highest BCUT2D eigenvalue weighted by Gasteiger charge is 2.40. The number of sulfone groups is 1. The third-order valence-electron chi connectivity index (χ3n) is 5.37. The molecule has 0 aliphatic carbocycles. The molecule has 2 aromatic carbocycles. The van der Waals surface area contributed by atoms with Crippen LogP contribution in [0.5, 0.6) is 0 Å². The van der Waals surface area contributed by atoms with E-state index in [4.69, 9.17) is 11.6 Å².